The quantitative estimate of drug-likeness (QED) is 0.0795. The lowest BCUT2D eigenvalue weighted by Gasteiger charge is -2.69. The zero-order valence-corrected chi connectivity index (χ0v) is 37.7. The number of halogens is 3. The van der Waals surface area contributed by atoms with E-state index in [4.69, 9.17) is 72.4 Å². The fourth-order valence-electron chi connectivity index (χ4n) is 10.6. The van der Waals surface area contributed by atoms with Gasteiger partial charge in [0.1, 0.15) is 42.7 Å². The smallest absolute Gasteiger partial charge is 0.455 e. The number of aliphatic hydroxyl groups is 1. The Labute approximate surface area is 351 Å². The number of carbonyl (C=O) groups is 3. The monoisotopic (exact) mass is 874 g/mol. The van der Waals surface area contributed by atoms with Gasteiger partial charge in [-0.1, -0.05) is 94.5 Å². The molecule has 10 atom stereocenters. The molecule has 0 radical (unpaired) electrons. The summed E-state index contributed by atoms with van der Waals surface area (Å²) >= 11 is 17.8. The Hall–Kier alpha value is -1.94. The number of ether oxygens (including phenoxy) is 7. The van der Waals surface area contributed by atoms with Crippen LogP contribution in [0.4, 0.5) is 4.79 Å². The number of rotatable bonds is 10. The molecule has 2 saturated carbocycles. The average molecular weight is 876 g/mol. The Kier molecular flexibility index (Phi) is 12.1. The minimum atomic E-state index is -2.34. The summed E-state index contributed by atoms with van der Waals surface area (Å²) in [6.45, 7) is 18.3. The summed E-state index contributed by atoms with van der Waals surface area (Å²) in [5, 5.41) is 14.0. The van der Waals surface area contributed by atoms with Crippen LogP contribution in [0.2, 0.25) is 18.1 Å². The first kappa shape index (κ1) is 44.6. The van der Waals surface area contributed by atoms with Crippen molar-refractivity contribution in [1.82, 2.24) is 0 Å². The predicted molar refractivity (Wildman–Crippen MR) is 215 cm³/mol. The molecular weight excluding hydrogens is 819 g/mol. The van der Waals surface area contributed by atoms with Crippen LogP contribution in [0.5, 0.6) is 0 Å². The molecule has 3 aliphatic carbocycles. The van der Waals surface area contributed by atoms with Gasteiger partial charge in [-0.05, 0) is 62.2 Å². The average Bonchev–Trinajstić information content (AvgIpc) is 3.45. The molecule has 2 aliphatic heterocycles. The Bertz CT molecular complexity index is 1740. The maximum absolute atomic E-state index is 14.5. The van der Waals surface area contributed by atoms with E-state index in [0.717, 1.165) is 29.3 Å². The number of fused-ring (bicyclic) bond motifs is 8. The largest absolute Gasteiger partial charge is 0.508 e. The van der Waals surface area contributed by atoms with Gasteiger partial charge in [0.25, 0.3) is 0 Å². The fourth-order valence-corrected chi connectivity index (χ4v) is 13.7. The van der Waals surface area contributed by atoms with E-state index in [-0.39, 0.29) is 25.0 Å². The minimum absolute atomic E-state index is 0.0126. The van der Waals surface area contributed by atoms with Crippen LogP contribution in [0.15, 0.2) is 41.5 Å². The van der Waals surface area contributed by atoms with Crippen LogP contribution in [0.25, 0.3) is 0 Å². The highest BCUT2D eigenvalue weighted by Gasteiger charge is 2.80. The van der Waals surface area contributed by atoms with Crippen LogP contribution in [0.3, 0.4) is 0 Å². The first-order chi connectivity index (χ1) is 26.4. The summed E-state index contributed by atoms with van der Waals surface area (Å²) in [6, 6.07) is 11.0. The zero-order chi connectivity index (χ0) is 42.1. The Morgan fingerprint density at radius 1 is 0.965 bits per heavy atom. The second-order valence-electron chi connectivity index (χ2n) is 17.6. The van der Waals surface area contributed by atoms with Gasteiger partial charge >= 0.3 is 18.1 Å². The van der Waals surface area contributed by atoms with Crippen molar-refractivity contribution in [3.63, 3.8) is 0 Å². The third-order valence-electron chi connectivity index (χ3n) is 13.8. The van der Waals surface area contributed by atoms with Crippen molar-refractivity contribution in [2.45, 2.75) is 158 Å². The summed E-state index contributed by atoms with van der Waals surface area (Å²) < 4.78 is 50.0. The first-order valence-corrected chi connectivity index (χ1v) is 23.5. The van der Waals surface area contributed by atoms with Crippen molar-refractivity contribution in [3.8, 4) is 0 Å². The van der Waals surface area contributed by atoms with E-state index in [2.05, 4.69) is 20.8 Å². The Morgan fingerprint density at radius 2 is 1.60 bits per heavy atom. The molecule has 6 rings (SSSR count). The molecule has 0 spiro atoms. The third kappa shape index (κ3) is 7.58. The van der Waals surface area contributed by atoms with Crippen molar-refractivity contribution in [2.24, 2.45) is 16.7 Å². The summed E-state index contributed by atoms with van der Waals surface area (Å²) in [6.07, 6.45) is -6.91. The Balaban J connectivity index is 1.66. The molecule has 12 nitrogen and oxygen atoms in total. The van der Waals surface area contributed by atoms with Crippen LogP contribution < -0.4 is 0 Å². The maximum Gasteiger partial charge on any atom is 0.508 e. The summed E-state index contributed by atoms with van der Waals surface area (Å²) in [7, 11) is -2.34. The molecule has 0 unspecified atom stereocenters. The summed E-state index contributed by atoms with van der Waals surface area (Å²) in [5.74, 6) is -3.66. The second-order valence-corrected chi connectivity index (χ2v) is 24.8. The molecule has 57 heavy (non-hydrogen) atoms. The predicted octanol–water partition coefficient (Wildman–Crippen LogP) is 8.23. The minimum Gasteiger partial charge on any atom is -0.455 e. The molecule has 318 valence electrons. The van der Waals surface area contributed by atoms with E-state index in [1.165, 1.54) is 6.92 Å². The van der Waals surface area contributed by atoms with Gasteiger partial charge in [0.2, 0.25) is 3.79 Å². The van der Waals surface area contributed by atoms with E-state index in [0.29, 0.717) is 0 Å². The number of hydrogen-bond donors (Lipinski definition) is 1. The highest BCUT2D eigenvalue weighted by molar-refractivity contribution is 6.73. The van der Waals surface area contributed by atoms with Crippen LogP contribution >= 0.6 is 34.8 Å². The molecule has 5 aliphatic rings. The van der Waals surface area contributed by atoms with Gasteiger partial charge in [0.05, 0.1) is 24.2 Å². The van der Waals surface area contributed by atoms with Crippen molar-refractivity contribution >= 4 is 61.2 Å². The van der Waals surface area contributed by atoms with Crippen molar-refractivity contribution in [3.05, 3.63) is 47.0 Å². The van der Waals surface area contributed by atoms with Crippen LogP contribution in [-0.4, -0.2) is 102 Å². The molecule has 16 heteroatoms. The van der Waals surface area contributed by atoms with E-state index in [9.17, 15) is 19.5 Å². The number of carbonyl (C=O) groups excluding carboxylic acids is 3. The number of alkyl halides is 3. The second kappa shape index (κ2) is 15.5. The van der Waals surface area contributed by atoms with Crippen molar-refractivity contribution in [1.29, 1.82) is 0 Å². The van der Waals surface area contributed by atoms with Crippen molar-refractivity contribution < 1.29 is 57.1 Å². The van der Waals surface area contributed by atoms with Gasteiger partial charge in [0, 0.05) is 30.6 Å². The molecule has 1 aromatic rings. The van der Waals surface area contributed by atoms with Gasteiger partial charge in [-0.15, -0.1) is 0 Å². The van der Waals surface area contributed by atoms with Gasteiger partial charge in [0.15, 0.2) is 19.7 Å². The molecule has 1 aromatic carbocycles. The van der Waals surface area contributed by atoms with Crippen LogP contribution in [0, 0.1) is 16.7 Å². The standard InChI is InChI=1S/C41H57Cl3O12Si/c1-11-57(12-2,13-3)56-26-20-40(48)33(52-34(46)25-17-15-14-16-18-25)31-38(10,32-30(54-37(8,9)55-32)29(23(26)4)36(40,6)7)27(51-35(47)50-22-41(42,43)44)19-28-39(31,21-49-28)53-24(5)45/h14-18,26-28,30-33,48H,11-13,19-22H2,1-10H3/t26-,27+,28-,30-,31+,32-,33+,38-,39+,40-/m1/s1. The molecular formula is C41H57Cl3O12Si. The molecule has 2 saturated heterocycles. The highest BCUT2D eigenvalue weighted by atomic mass is 35.6. The van der Waals surface area contributed by atoms with E-state index >= 15 is 0 Å². The molecule has 0 aromatic heterocycles. The summed E-state index contributed by atoms with van der Waals surface area (Å²) in [5.41, 5.74) is -4.16. The van der Waals surface area contributed by atoms with Crippen molar-refractivity contribution in [2.75, 3.05) is 13.2 Å². The molecule has 2 bridgehead atoms. The van der Waals surface area contributed by atoms with Crippen LogP contribution in [0.1, 0.15) is 92.4 Å². The molecule has 1 N–H and O–H groups in total. The summed E-state index contributed by atoms with van der Waals surface area (Å²) in [4.78, 5) is 41.3. The number of benzene rings is 1. The van der Waals surface area contributed by atoms with E-state index < -0.39 is 107 Å². The SMILES string of the molecule is CC[Si](CC)(CC)O[C@@H]1C[C@@]2(O)[C@@H](OC(=O)c3ccccc3)[C@@H]3[C@]4(OC(C)=O)CO[C@@H]4C[C@H](OC(=O)OCC(Cl)(Cl)Cl)[C@@]3(C)[C@@H]3OC(C)(C)O[C@@H]3C(=C1C)C2(C)C. The van der Waals surface area contributed by atoms with Gasteiger partial charge in [-0.25, -0.2) is 9.59 Å². The lowest BCUT2D eigenvalue weighted by Crippen LogP contribution is -2.82. The Morgan fingerprint density at radius 3 is 2.14 bits per heavy atom. The van der Waals surface area contributed by atoms with Gasteiger partial charge in [-0.3, -0.25) is 4.79 Å². The topological polar surface area (TPSA) is 145 Å². The molecule has 0 amide bonds. The van der Waals surface area contributed by atoms with Crippen LogP contribution in [-0.2, 0) is 42.4 Å². The highest BCUT2D eigenvalue weighted by Crippen LogP contribution is 2.68. The molecule has 4 fully saturated rings. The van der Waals surface area contributed by atoms with Gasteiger partial charge < -0.3 is 42.7 Å². The third-order valence-corrected chi connectivity index (χ3v) is 18.8. The molecule has 2 heterocycles. The lowest BCUT2D eigenvalue weighted by atomic mass is 9.44. The zero-order valence-electron chi connectivity index (χ0n) is 34.4. The van der Waals surface area contributed by atoms with E-state index in [1.54, 1.807) is 44.2 Å². The van der Waals surface area contributed by atoms with Gasteiger partial charge in [-0.2, -0.15) is 0 Å². The normalized spacial score (nSPS) is 36.6. The van der Waals surface area contributed by atoms with E-state index in [1.807, 2.05) is 27.7 Å². The maximum atomic E-state index is 14.5. The fraction of sp³-hybridized carbons (Fsp3) is 0.732. The number of esters is 2. The number of hydrogen-bond acceptors (Lipinski definition) is 12. The lowest BCUT2D eigenvalue weighted by molar-refractivity contribution is -0.362. The first-order valence-electron chi connectivity index (χ1n) is 19.9.